The highest BCUT2D eigenvalue weighted by atomic mass is 32.1. The van der Waals surface area contributed by atoms with Crippen molar-refractivity contribution < 1.29 is 19.2 Å². The summed E-state index contributed by atoms with van der Waals surface area (Å²) in [5.41, 5.74) is 2.98. The maximum Gasteiger partial charge on any atom is 0.372 e. The van der Waals surface area contributed by atoms with Gasteiger partial charge in [-0.25, -0.2) is 4.79 Å². The number of nitrogens with zero attached hydrogens (tertiary/aromatic N) is 1. The molecule has 0 spiro atoms. The number of aromatic nitrogens is 1. The van der Waals surface area contributed by atoms with Crippen LogP contribution in [0.15, 0.2) is 5.51 Å². The molecule has 5 heteroatoms. The van der Waals surface area contributed by atoms with Gasteiger partial charge in [0.15, 0.2) is 5.69 Å². The van der Waals surface area contributed by atoms with Crippen LogP contribution in [0.2, 0.25) is 0 Å². The van der Waals surface area contributed by atoms with Crippen molar-refractivity contribution in [3.05, 3.63) is 16.1 Å². The lowest BCUT2D eigenvalue weighted by atomic mass is 10.1. The van der Waals surface area contributed by atoms with Crippen LogP contribution in [0.3, 0.4) is 0 Å². The summed E-state index contributed by atoms with van der Waals surface area (Å²) in [5.74, 6) is -0.169. The van der Waals surface area contributed by atoms with Crippen LogP contribution in [0.1, 0.15) is 81.7 Å². The van der Waals surface area contributed by atoms with Gasteiger partial charge in [0.1, 0.15) is 0 Å². The van der Waals surface area contributed by atoms with Crippen LogP contribution in [0, 0.1) is 6.92 Å². The van der Waals surface area contributed by atoms with E-state index in [2.05, 4.69) is 6.92 Å². The van der Waals surface area contributed by atoms with Gasteiger partial charge in [-0.2, -0.15) is 4.57 Å². The van der Waals surface area contributed by atoms with E-state index in [0.717, 1.165) is 23.4 Å². The molecule has 1 rings (SSSR count). The van der Waals surface area contributed by atoms with Crippen molar-refractivity contribution in [2.24, 2.45) is 0 Å². The van der Waals surface area contributed by atoms with Gasteiger partial charge in [0.2, 0.25) is 12.1 Å². The summed E-state index contributed by atoms with van der Waals surface area (Å²) in [7, 11) is 0. The Morgan fingerprint density at radius 3 is 2.28 bits per heavy atom. The smallest absolute Gasteiger partial charge is 0.372 e. The fraction of sp³-hybridized carbons (Fsp3) is 0.800. The van der Waals surface area contributed by atoms with Crippen LogP contribution >= 0.6 is 11.3 Å². The van der Waals surface area contributed by atoms with Crippen molar-refractivity contribution in [1.82, 2.24) is 0 Å². The number of carbonyl (C=O) groups excluding carboxylic acids is 1. The Labute approximate surface area is 157 Å². The largest absolute Gasteiger partial charge is 0.461 e. The van der Waals surface area contributed by atoms with Gasteiger partial charge in [-0.05, 0) is 6.42 Å². The van der Waals surface area contributed by atoms with Gasteiger partial charge in [0.05, 0.1) is 11.5 Å². The summed E-state index contributed by atoms with van der Waals surface area (Å²) in [5, 5.41) is 9.01. The van der Waals surface area contributed by atoms with Crippen molar-refractivity contribution in [1.29, 1.82) is 0 Å². The van der Waals surface area contributed by atoms with Crippen molar-refractivity contribution in [2.75, 3.05) is 13.2 Å². The molecule has 0 unspecified atom stereocenters. The molecule has 0 aliphatic carbocycles. The van der Waals surface area contributed by atoms with E-state index in [4.69, 9.17) is 9.84 Å². The lowest BCUT2D eigenvalue weighted by molar-refractivity contribution is -0.687. The van der Waals surface area contributed by atoms with E-state index < -0.39 is 0 Å². The first-order valence-electron chi connectivity index (χ1n) is 9.92. The molecular formula is C20H36NO3S+. The molecule has 1 heterocycles. The number of hydrogen-bond donors (Lipinski definition) is 1. The maximum atomic E-state index is 11.9. The third-order valence-electron chi connectivity index (χ3n) is 4.56. The Bertz CT molecular complexity index is 474. The van der Waals surface area contributed by atoms with Gasteiger partial charge < -0.3 is 9.84 Å². The van der Waals surface area contributed by atoms with Crippen LogP contribution in [-0.4, -0.2) is 24.3 Å². The second kappa shape index (κ2) is 14.3. The first kappa shape index (κ1) is 22.1. The average molecular weight is 371 g/mol. The number of aliphatic hydroxyl groups is 1. The van der Waals surface area contributed by atoms with E-state index in [1.807, 2.05) is 17.0 Å². The molecule has 0 atom stereocenters. The number of unbranched alkanes of at least 4 members (excludes halogenated alkanes) is 9. The van der Waals surface area contributed by atoms with Gasteiger partial charge >= 0.3 is 5.97 Å². The molecule has 0 aliphatic heterocycles. The highest BCUT2D eigenvalue weighted by Gasteiger charge is 2.18. The molecule has 0 aromatic carbocycles. The van der Waals surface area contributed by atoms with E-state index in [1.54, 1.807) is 11.3 Å². The zero-order valence-corrected chi connectivity index (χ0v) is 16.9. The average Bonchev–Trinajstić information content (AvgIpc) is 2.93. The van der Waals surface area contributed by atoms with Crippen LogP contribution in [0.4, 0.5) is 0 Å². The third-order valence-corrected chi connectivity index (χ3v) is 5.70. The molecular weight excluding hydrogens is 334 g/mol. The minimum Gasteiger partial charge on any atom is -0.461 e. The lowest BCUT2D eigenvalue weighted by Gasteiger charge is -2.04. The lowest BCUT2D eigenvalue weighted by Crippen LogP contribution is -2.39. The van der Waals surface area contributed by atoms with Gasteiger partial charge in [-0.3, -0.25) is 0 Å². The minimum atomic E-state index is -0.169. The second-order valence-corrected chi connectivity index (χ2v) is 7.68. The predicted molar refractivity (Wildman–Crippen MR) is 103 cm³/mol. The number of hydrogen-bond acceptors (Lipinski definition) is 4. The fourth-order valence-electron chi connectivity index (χ4n) is 2.91. The normalized spacial score (nSPS) is 11.0. The Kier molecular flexibility index (Phi) is 12.6. The monoisotopic (exact) mass is 370 g/mol. The Balaban J connectivity index is 2.00. The third kappa shape index (κ3) is 9.95. The van der Waals surface area contributed by atoms with Crippen LogP contribution < -0.4 is 4.57 Å². The van der Waals surface area contributed by atoms with Crippen molar-refractivity contribution >= 4 is 17.3 Å². The molecule has 0 amide bonds. The molecule has 0 fully saturated rings. The quantitative estimate of drug-likeness (QED) is 0.284. The summed E-state index contributed by atoms with van der Waals surface area (Å²) in [4.78, 5) is 13.0. The van der Waals surface area contributed by atoms with Crippen molar-refractivity contribution in [3.8, 4) is 0 Å². The van der Waals surface area contributed by atoms with Gasteiger partial charge in [-0.1, -0.05) is 76.0 Å². The van der Waals surface area contributed by atoms with Crippen LogP contribution in [0.5, 0.6) is 0 Å². The first-order chi connectivity index (χ1) is 12.2. The van der Waals surface area contributed by atoms with E-state index >= 15 is 0 Å². The molecule has 144 valence electrons. The number of rotatable bonds is 15. The predicted octanol–water partition coefficient (Wildman–Crippen LogP) is 4.34. The number of aliphatic hydroxyl groups excluding tert-OH is 1. The molecule has 0 saturated heterocycles. The van der Waals surface area contributed by atoms with Gasteiger partial charge in [0, 0.05) is 20.0 Å². The second-order valence-electron chi connectivity index (χ2n) is 6.74. The SMILES string of the molecule is CCCCCCCCCCCCOC(=O)C[n+]1csc(CCO)c1C. The molecule has 4 nitrogen and oxygen atoms in total. The van der Waals surface area contributed by atoms with Crippen molar-refractivity contribution in [2.45, 2.75) is 91.0 Å². The zero-order chi connectivity index (χ0) is 18.3. The molecule has 1 N–H and O–H groups in total. The van der Waals surface area contributed by atoms with Gasteiger partial charge in [0.25, 0.3) is 0 Å². The minimum absolute atomic E-state index is 0.143. The van der Waals surface area contributed by atoms with E-state index in [-0.39, 0.29) is 19.1 Å². The van der Waals surface area contributed by atoms with Crippen LogP contribution in [0.25, 0.3) is 0 Å². The summed E-state index contributed by atoms with van der Waals surface area (Å²) < 4.78 is 7.25. The summed E-state index contributed by atoms with van der Waals surface area (Å²) in [6.45, 7) is 5.18. The molecule has 1 aromatic rings. The highest BCUT2D eigenvalue weighted by molar-refractivity contribution is 7.09. The summed E-state index contributed by atoms with van der Waals surface area (Å²) in [6, 6.07) is 0. The fourth-order valence-corrected chi connectivity index (χ4v) is 3.89. The molecule has 0 radical (unpaired) electrons. The number of esters is 1. The number of thiazole rings is 1. The molecule has 0 aliphatic rings. The Hall–Kier alpha value is -0.940. The Morgan fingerprint density at radius 2 is 1.68 bits per heavy atom. The van der Waals surface area contributed by atoms with E-state index in [1.165, 1.54) is 51.4 Å². The number of ether oxygens (including phenoxy) is 1. The molecule has 25 heavy (non-hydrogen) atoms. The highest BCUT2D eigenvalue weighted by Crippen LogP contribution is 2.12. The van der Waals surface area contributed by atoms with Crippen molar-refractivity contribution in [3.63, 3.8) is 0 Å². The van der Waals surface area contributed by atoms with Crippen LogP contribution in [-0.2, 0) is 22.5 Å². The zero-order valence-electron chi connectivity index (χ0n) is 16.1. The van der Waals surface area contributed by atoms with E-state index in [0.29, 0.717) is 13.0 Å². The number of carbonyl (C=O) groups is 1. The topological polar surface area (TPSA) is 50.4 Å². The Morgan fingerprint density at radius 1 is 1.08 bits per heavy atom. The molecule has 0 saturated carbocycles. The summed E-state index contributed by atoms with van der Waals surface area (Å²) in [6.07, 6.45) is 13.5. The standard InChI is InChI=1S/C20H36NO3S/c1-3-4-5-6-7-8-9-10-11-12-15-24-20(23)16-21-17-25-19(13-14-22)18(21)2/h17,22H,3-16H2,1-2H3/q+1. The summed E-state index contributed by atoms with van der Waals surface area (Å²) >= 11 is 1.58. The first-order valence-corrected chi connectivity index (χ1v) is 10.8. The molecule has 0 bridgehead atoms. The van der Waals surface area contributed by atoms with E-state index in [9.17, 15) is 4.79 Å². The molecule has 1 aromatic heterocycles. The van der Waals surface area contributed by atoms with Gasteiger partial charge in [-0.15, -0.1) is 0 Å². The maximum absolute atomic E-state index is 11.9.